The second-order valence-corrected chi connectivity index (χ2v) is 4.51. The molecule has 1 amide bonds. The number of hydrogen-bond donors (Lipinski definition) is 1. The molecule has 0 heterocycles. The highest BCUT2D eigenvalue weighted by Crippen LogP contribution is 2.13. The summed E-state index contributed by atoms with van der Waals surface area (Å²) in [4.78, 5) is 13.7. The number of anilines is 1. The highest BCUT2D eigenvalue weighted by atomic mass is 16.5. The van der Waals surface area contributed by atoms with Crippen LogP contribution in [-0.4, -0.2) is 31.0 Å². The number of carbonyl (C=O) groups is 1. The first-order chi connectivity index (χ1) is 9.66. The Labute approximate surface area is 118 Å². The minimum atomic E-state index is -0.00786. The van der Waals surface area contributed by atoms with Gasteiger partial charge in [0.2, 0.25) is 0 Å². The van der Waals surface area contributed by atoms with Crippen LogP contribution in [0.3, 0.4) is 0 Å². The first-order valence-corrected chi connectivity index (χ1v) is 6.45. The summed E-state index contributed by atoms with van der Waals surface area (Å²) < 4.78 is 5.57. The van der Waals surface area contributed by atoms with Gasteiger partial charge in [-0.3, -0.25) is 4.79 Å². The van der Waals surface area contributed by atoms with Gasteiger partial charge in [0, 0.05) is 18.3 Å². The summed E-state index contributed by atoms with van der Waals surface area (Å²) in [7, 11) is 1.77. The number of likely N-dealkylation sites (N-methyl/N-ethyl adjacent to an activating group) is 1. The normalized spacial score (nSPS) is 10.1. The molecule has 0 aliphatic heterocycles. The van der Waals surface area contributed by atoms with Crippen molar-refractivity contribution in [3.05, 3.63) is 60.2 Å². The number of nitrogens with two attached hydrogens (primary N) is 1. The van der Waals surface area contributed by atoms with Gasteiger partial charge in [0.1, 0.15) is 12.4 Å². The van der Waals surface area contributed by atoms with Crippen molar-refractivity contribution in [3.63, 3.8) is 0 Å². The zero-order valence-corrected chi connectivity index (χ0v) is 11.5. The summed E-state index contributed by atoms with van der Waals surface area (Å²) in [6.45, 7) is 0.969. The number of benzene rings is 2. The molecule has 0 saturated carbocycles. The number of nitrogens with zero attached hydrogens (tertiary/aromatic N) is 1. The van der Waals surface area contributed by atoms with E-state index in [4.69, 9.17) is 10.5 Å². The van der Waals surface area contributed by atoms with Crippen LogP contribution in [0.2, 0.25) is 0 Å². The van der Waals surface area contributed by atoms with E-state index in [1.54, 1.807) is 36.2 Å². The van der Waals surface area contributed by atoms with Crippen molar-refractivity contribution in [1.82, 2.24) is 4.90 Å². The first-order valence-electron chi connectivity index (χ1n) is 6.45. The molecule has 20 heavy (non-hydrogen) atoms. The van der Waals surface area contributed by atoms with Gasteiger partial charge in [-0.15, -0.1) is 0 Å². The summed E-state index contributed by atoms with van der Waals surface area (Å²) in [6, 6.07) is 16.4. The lowest BCUT2D eigenvalue weighted by Gasteiger charge is -2.17. The molecule has 4 nitrogen and oxygen atoms in total. The number of carbonyl (C=O) groups excluding carboxylic acids is 1. The van der Waals surface area contributed by atoms with Gasteiger partial charge in [0.25, 0.3) is 5.91 Å². The van der Waals surface area contributed by atoms with Gasteiger partial charge in [0.05, 0.1) is 6.54 Å². The van der Waals surface area contributed by atoms with Crippen molar-refractivity contribution < 1.29 is 9.53 Å². The molecule has 0 unspecified atom stereocenters. The molecule has 104 valence electrons. The summed E-state index contributed by atoms with van der Waals surface area (Å²) in [5.41, 5.74) is 6.98. The molecule has 0 bridgehead atoms. The van der Waals surface area contributed by atoms with Gasteiger partial charge in [-0.05, 0) is 36.4 Å². The topological polar surface area (TPSA) is 55.6 Å². The third-order valence-electron chi connectivity index (χ3n) is 2.94. The number of ether oxygens (including phenoxy) is 1. The van der Waals surface area contributed by atoms with Crippen LogP contribution in [0.4, 0.5) is 5.69 Å². The van der Waals surface area contributed by atoms with Gasteiger partial charge in [-0.25, -0.2) is 0 Å². The maximum Gasteiger partial charge on any atom is 0.253 e. The van der Waals surface area contributed by atoms with Gasteiger partial charge in [0.15, 0.2) is 0 Å². The van der Waals surface area contributed by atoms with Crippen LogP contribution in [0.15, 0.2) is 54.6 Å². The molecular formula is C16H18N2O2. The molecule has 0 saturated heterocycles. The fraction of sp³-hybridized carbons (Fsp3) is 0.188. The predicted molar refractivity (Wildman–Crippen MR) is 79.8 cm³/mol. The van der Waals surface area contributed by atoms with Gasteiger partial charge in [-0.1, -0.05) is 18.2 Å². The fourth-order valence-corrected chi connectivity index (χ4v) is 1.77. The smallest absolute Gasteiger partial charge is 0.253 e. The van der Waals surface area contributed by atoms with Crippen LogP contribution in [0.1, 0.15) is 10.4 Å². The molecule has 2 rings (SSSR count). The van der Waals surface area contributed by atoms with Gasteiger partial charge >= 0.3 is 0 Å². The minimum Gasteiger partial charge on any atom is -0.492 e. The van der Waals surface area contributed by atoms with E-state index in [0.717, 1.165) is 5.75 Å². The van der Waals surface area contributed by atoms with E-state index in [-0.39, 0.29) is 5.91 Å². The van der Waals surface area contributed by atoms with Crippen molar-refractivity contribution in [1.29, 1.82) is 0 Å². The molecule has 2 N–H and O–H groups in total. The van der Waals surface area contributed by atoms with Crippen LogP contribution in [0.25, 0.3) is 0 Å². The SMILES string of the molecule is CN(CCOc1ccc(N)cc1)C(=O)c1ccccc1. The molecule has 0 aliphatic carbocycles. The van der Waals surface area contributed by atoms with Gasteiger partial charge < -0.3 is 15.4 Å². The standard InChI is InChI=1S/C16H18N2O2/c1-18(16(19)13-5-3-2-4-6-13)11-12-20-15-9-7-14(17)8-10-15/h2-10H,11-12,17H2,1H3. The Kier molecular flexibility index (Phi) is 4.60. The van der Waals surface area contributed by atoms with E-state index in [0.29, 0.717) is 24.4 Å². The Morgan fingerprint density at radius 1 is 1.10 bits per heavy atom. The lowest BCUT2D eigenvalue weighted by atomic mass is 10.2. The van der Waals surface area contributed by atoms with E-state index < -0.39 is 0 Å². The summed E-state index contributed by atoms with van der Waals surface area (Å²) in [6.07, 6.45) is 0. The molecule has 2 aromatic rings. The van der Waals surface area contributed by atoms with Crippen LogP contribution >= 0.6 is 0 Å². The minimum absolute atomic E-state index is 0.00786. The van der Waals surface area contributed by atoms with Crippen molar-refractivity contribution in [2.75, 3.05) is 25.9 Å². The van der Waals surface area contributed by atoms with E-state index in [9.17, 15) is 4.79 Å². The maximum atomic E-state index is 12.1. The van der Waals surface area contributed by atoms with Crippen LogP contribution < -0.4 is 10.5 Å². The average molecular weight is 270 g/mol. The van der Waals surface area contributed by atoms with E-state index >= 15 is 0 Å². The highest BCUT2D eigenvalue weighted by molar-refractivity contribution is 5.93. The molecule has 0 radical (unpaired) electrons. The van der Waals surface area contributed by atoms with E-state index in [1.807, 2.05) is 30.3 Å². The van der Waals surface area contributed by atoms with Crippen molar-refractivity contribution in [2.24, 2.45) is 0 Å². The molecule has 4 heteroatoms. The lowest BCUT2D eigenvalue weighted by molar-refractivity contribution is 0.0774. The van der Waals surface area contributed by atoms with Crippen molar-refractivity contribution in [3.8, 4) is 5.75 Å². The van der Waals surface area contributed by atoms with Crippen LogP contribution in [0.5, 0.6) is 5.75 Å². The third kappa shape index (κ3) is 3.75. The Hall–Kier alpha value is -2.49. The molecule has 0 atom stereocenters. The maximum absolute atomic E-state index is 12.1. The number of nitrogen functional groups attached to an aromatic ring is 1. The second kappa shape index (κ2) is 6.61. The monoisotopic (exact) mass is 270 g/mol. The van der Waals surface area contributed by atoms with Crippen LogP contribution in [-0.2, 0) is 0 Å². The summed E-state index contributed by atoms with van der Waals surface area (Å²) in [5.74, 6) is 0.742. The Morgan fingerprint density at radius 2 is 1.75 bits per heavy atom. The quantitative estimate of drug-likeness (QED) is 0.849. The first kappa shape index (κ1) is 13.9. The van der Waals surface area contributed by atoms with Crippen molar-refractivity contribution >= 4 is 11.6 Å². The molecule has 0 aromatic heterocycles. The molecule has 0 fully saturated rings. The Balaban J connectivity index is 1.82. The molecule has 0 spiro atoms. The lowest BCUT2D eigenvalue weighted by Crippen LogP contribution is -2.30. The zero-order valence-electron chi connectivity index (χ0n) is 11.5. The Morgan fingerprint density at radius 3 is 2.40 bits per heavy atom. The summed E-state index contributed by atoms with van der Waals surface area (Å²) in [5, 5.41) is 0. The summed E-state index contributed by atoms with van der Waals surface area (Å²) >= 11 is 0. The average Bonchev–Trinajstić information content (AvgIpc) is 2.49. The molecule has 2 aromatic carbocycles. The third-order valence-corrected chi connectivity index (χ3v) is 2.94. The zero-order chi connectivity index (χ0) is 14.4. The Bertz CT molecular complexity index is 552. The highest BCUT2D eigenvalue weighted by Gasteiger charge is 2.10. The van der Waals surface area contributed by atoms with E-state index in [2.05, 4.69) is 0 Å². The van der Waals surface area contributed by atoms with Crippen LogP contribution in [0, 0.1) is 0 Å². The number of amides is 1. The largest absolute Gasteiger partial charge is 0.492 e. The number of hydrogen-bond acceptors (Lipinski definition) is 3. The molecular weight excluding hydrogens is 252 g/mol. The second-order valence-electron chi connectivity index (χ2n) is 4.51. The van der Waals surface area contributed by atoms with Crippen molar-refractivity contribution in [2.45, 2.75) is 0 Å². The van der Waals surface area contributed by atoms with E-state index in [1.165, 1.54) is 0 Å². The van der Waals surface area contributed by atoms with Gasteiger partial charge in [-0.2, -0.15) is 0 Å². The number of rotatable bonds is 5. The predicted octanol–water partition coefficient (Wildman–Crippen LogP) is 2.42. The molecule has 0 aliphatic rings. The fourth-order valence-electron chi connectivity index (χ4n) is 1.77.